The molecule has 3 amide bonds. The number of rotatable bonds is 6. The maximum absolute atomic E-state index is 15.0. The van der Waals surface area contributed by atoms with Crippen molar-refractivity contribution >= 4 is 41.0 Å². The van der Waals surface area contributed by atoms with Crippen molar-refractivity contribution in [3.63, 3.8) is 0 Å². The molecule has 7 rings (SSSR count). The number of para-hydroxylation sites is 1. The van der Waals surface area contributed by atoms with E-state index in [1.807, 2.05) is 60.7 Å². The third kappa shape index (κ3) is 6.12. The van der Waals surface area contributed by atoms with E-state index in [-0.39, 0.29) is 31.8 Å². The van der Waals surface area contributed by atoms with E-state index >= 15 is 0 Å². The second-order valence-electron chi connectivity index (χ2n) is 13.0. The van der Waals surface area contributed by atoms with Gasteiger partial charge in [-0.2, -0.15) is 0 Å². The number of esters is 1. The molecule has 10 nitrogen and oxygen atoms in total. The number of allylic oxidation sites excluding steroid dienone is 1. The number of amides is 3. The summed E-state index contributed by atoms with van der Waals surface area (Å²) in [5.41, 5.74) is 0.430. The van der Waals surface area contributed by atoms with Crippen LogP contribution in [0.3, 0.4) is 0 Å². The number of cyclic esters (lactones) is 1. The smallest absolute Gasteiger partial charge is 0.313 e. The van der Waals surface area contributed by atoms with Crippen LogP contribution in [0, 0.1) is 11.8 Å². The molecule has 0 bridgehead atoms. The van der Waals surface area contributed by atoms with Crippen LogP contribution in [-0.4, -0.2) is 77.2 Å². The summed E-state index contributed by atoms with van der Waals surface area (Å²) >= 11 is 6.61. The van der Waals surface area contributed by atoms with Gasteiger partial charge >= 0.3 is 5.97 Å². The van der Waals surface area contributed by atoms with Crippen LogP contribution in [-0.2, 0) is 35.1 Å². The molecule has 2 N–H and O–H groups in total. The Bertz CT molecular complexity index is 1820. The number of aliphatic hydroxyl groups excluding tert-OH is 1. The van der Waals surface area contributed by atoms with Crippen molar-refractivity contribution < 1.29 is 33.8 Å². The van der Waals surface area contributed by atoms with Crippen molar-refractivity contribution in [3.8, 4) is 0 Å². The predicted octanol–water partition coefficient (Wildman–Crippen LogP) is 4.18. The number of carbonyl (C=O) groups is 4. The van der Waals surface area contributed by atoms with E-state index in [9.17, 15) is 24.3 Å². The van der Waals surface area contributed by atoms with Gasteiger partial charge in [-0.25, -0.2) is 0 Å². The number of likely N-dealkylation sites (tertiary alicyclic amines) is 1. The van der Waals surface area contributed by atoms with Crippen molar-refractivity contribution in [3.05, 3.63) is 125 Å². The fourth-order valence-electron chi connectivity index (χ4n) is 7.76. The SMILES string of the molecule is O=C1CC/C=C\[C@H]2O[C@]34C=CCN(c5ccccc5Cl)C(=O)[C@H]3N([C@@H](CO)Cc3ccccc3)C(=O)[C@@H]4[C@H]2C(=O)O[C@H](c2ccccc2)CN1. The molecule has 4 aliphatic heterocycles. The number of halogens is 1. The summed E-state index contributed by atoms with van der Waals surface area (Å²) in [4.78, 5) is 60.0. The van der Waals surface area contributed by atoms with Crippen LogP contribution in [0.4, 0.5) is 5.69 Å². The van der Waals surface area contributed by atoms with Gasteiger partial charge in [-0.1, -0.05) is 109 Å². The van der Waals surface area contributed by atoms with Crippen LogP contribution < -0.4 is 10.2 Å². The molecule has 258 valence electrons. The minimum Gasteiger partial charge on any atom is -0.455 e. The molecule has 3 aromatic carbocycles. The number of carbonyl (C=O) groups excluding carboxylic acids is 4. The molecule has 4 heterocycles. The zero-order chi connectivity index (χ0) is 34.8. The lowest BCUT2D eigenvalue weighted by Gasteiger charge is -2.38. The number of nitrogens with one attached hydrogen (secondary N) is 1. The number of ether oxygens (including phenoxy) is 2. The second kappa shape index (κ2) is 14.2. The lowest BCUT2D eigenvalue weighted by molar-refractivity contribution is -0.160. The van der Waals surface area contributed by atoms with Crippen LogP contribution in [0.15, 0.2) is 109 Å². The van der Waals surface area contributed by atoms with Gasteiger partial charge in [0.1, 0.15) is 23.7 Å². The lowest BCUT2D eigenvalue weighted by Crippen LogP contribution is -2.58. The van der Waals surface area contributed by atoms with Gasteiger partial charge in [0, 0.05) is 13.0 Å². The molecule has 2 fully saturated rings. The molecule has 0 aliphatic carbocycles. The van der Waals surface area contributed by atoms with Gasteiger partial charge in [0.2, 0.25) is 11.8 Å². The summed E-state index contributed by atoms with van der Waals surface area (Å²) in [7, 11) is 0. The van der Waals surface area contributed by atoms with Crippen molar-refractivity contribution in [1.82, 2.24) is 10.2 Å². The highest BCUT2D eigenvalue weighted by atomic mass is 35.5. The van der Waals surface area contributed by atoms with Crippen molar-refractivity contribution in [2.75, 3.05) is 24.6 Å². The predicted molar refractivity (Wildman–Crippen MR) is 186 cm³/mol. The first-order valence-electron chi connectivity index (χ1n) is 16.9. The third-order valence-electron chi connectivity index (χ3n) is 10.0. The van der Waals surface area contributed by atoms with Gasteiger partial charge in [-0.3, -0.25) is 19.2 Å². The molecular formula is C39H38ClN3O7. The first kappa shape index (κ1) is 33.7. The number of hydrogen-bond donors (Lipinski definition) is 2. The molecule has 2 saturated heterocycles. The summed E-state index contributed by atoms with van der Waals surface area (Å²) < 4.78 is 13.0. The minimum absolute atomic E-state index is 0.0455. The maximum Gasteiger partial charge on any atom is 0.313 e. The molecule has 7 atom stereocenters. The molecule has 50 heavy (non-hydrogen) atoms. The van der Waals surface area contributed by atoms with Gasteiger partial charge in [-0.05, 0) is 36.1 Å². The Morgan fingerprint density at radius 1 is 0.920 bits per heavy atom. The fourth-order valence-corrected chi connectivity index (χ4v) is 8.00. The van der Waals surface area contributed by atoms with Crippen molar-refractivity contribution in [2.45, 2.75) is 49.2 Å². The van der Waals surface area contributed by atoms with Crippen molar-refractivity contribution in [1.29, 1.82) is 0 Å². The van der Waals surface area contributed by atoms with Crippen LogP contribution in [0.1, 0.15) is 30.1 Å². The Morgan fingerprint density at radius 3 is 2.38 bits per heavy atom. The van der Waals surface area contributed by atoms with E-state index < -0.39 is 66.1 Å². The third-order valence-corrected chi connectivity index (χ3v) is 10.4. The largest absolute Gasteiger partial charge is 0.455 e. The highest BCUT2D eigenvalue weighted by Gasteiger charge is 2.72. The van der Waals surface area contributed by atoms with E-state index in [1.165, 1.54) is 9.80 Å². The molecule has 0 radical (unpaired) electrons. The Hall–Kier alpha value is -4.77. The summed E-state index contributed by atoms with van der Waals surface area (Å²) in [6.45, 7) is -0.248. The Morgan fingerprint density at radius 2 is 1.64 bits per heavy atom. The topological polar surface area (TPSA) is 125 Å². The van der Waals surface area contributed by atoms with E-state index in [0.717, 1.165) is 5.56 Å². The number of nitrogens with zero attached hydrogens (tertiary/aromatic N) is 2. The average molecular weight is 696 g/mol. The van der Waals surface area contributed by atoms with Crippen molar-refractivity contribution in [2.24, 2.45) is 11.8 Å². The molecule has 3 aromatic rings. The highest BCUT2D eigenvalue weighted by molar-refractivity contribution is 6.34. The van der Waals surface area contributed by atoms with Crippen LogP contribution >= 0.6 is 11.6 Å². The zero-order valence-corrected chi connectivity index (χ0v) is 28.0. The quantitative estimate of drug-likeness (QED) is 0.293. The molecule has 0 saturated carbocycles. The first-order valence-corrected chi connectivity index (χ1v) is 17.3. The molecular weight excluding hydrogens is 658 g/mol. The Balaban J connectivity index is 1.34. The highest BCUT2D eigenvalue weighted by Crippen LogP contribution is 2.54. The zero-order valence-electron chi connectivity index (χ0n) is 27.3. The van der Waals surface area contributed by atoms with Gasteiger partial charge in [0.25, 0.3) is 5.91 Å². The van der Waals surface area contributed by atoms with E-state index in [2.05, 4.69) is 5.32 Å². The van der Waals surface area contributed by atoms with Gasteiger partial charge in [0.05, 0.1) is 41.9 Å². The summed E-state index contributed by atoms with van der Waals surface area (Å²) in [6.07, 6.45) is 6.04. The molecule has 4 aliphatic rings. The monoisotopic (exact) mass is 695 g/mol. The lowest BCUT2D eigenvalue weighted by atomic mass is 9.77. The molecule has 0 unspecified atom stereocenters. The summed E-state index contributed by atoms with van der Waals surface area (Å²) in [5.74, 6) is -4.10. The van der Waals surface area contributed by atoms with Crippen LogP contribution in [0.25, 0.3) is 0 Å². The summed E-state index contributed by atoms with van der Waals surface area (Å²) in [6, 6.07) is 23.4. The second-order valence-corrected chi connectivity index (χ2v) is 13.4. The molecule has 0 aromatic heterocycles. The number of anilines is 1. The number of benzene rings is 3. The van der Waals surface area contributed by atoms with Gasteiger partial charge < -0.3 is 29.7 Å². The van der Waals surface area contributed by atoms with E-state index in [0.29, 0.717) is 22.7 Å². The van der Waals surface area contributed by atoms with Crippen LogP contribution in [0.5, 0.6) is 0 Å². The molecule has 11 heteroatoms. The Kier molecular flexibility index (Phi) is 9.59. The Labute approximate surface area is 295 Å². The van der Waals surface area contributed by atoms with E-state index in [4.69, 9.17) is 21.1 Å². The van der Waals surface area contributed by atoms with E-state index in [1.54, 1.807) is 48.6 Å². The minimum atomic E-state index is -1.58. The normalized spacial score (nSPS) is 29.4. The summed E-state index contributed by atoms with van der Waals surface area (Å²) in [5, 5.41) is 14.1. The standard InChI is InChI=1S/C39H38ClN3O7/c40-28-16-7-8-17-29(28)42-21-11-20-39-34(36(46)43(35(39)37(42)47)27(24-44)22-25-12-3-1-4-13-25)33-30(50-39)18-9-10-19-32(45)41-23-31(49-38(33)48)26-14-5-2-6-15-26/h1-9,11-18,20,27,30-31,33-35,44H,10,19,21-24H2,(H,41,45)/b18-9-/t27-,30-,31+,33+,34+,35-,39+/m1/s1. The maximum atomic E-state index is 15.0. The fraction of sp³-hybridized carbons (Fsp3) is 0.333. The average Bonchev–Trinajstić information content (AvgIpc) is 3.52. The first-order chi connectivity index (χ1) is 24.3. The van der Waals surface area contributed by atoms with Gasteiger partial charge in [0.15, 0.2) is 0 Å². The number of fused-ring (bicyclic) bond motifs is 2. The van der Waals surface area contributed by atoms with Gasteiger partial charge in [-0.15, -0.1) is 0 Å². The number of aliphatic hydroxyl groups is 1. The van der Waals surface area contributed by atoms with Crippen LogP contribution in [0.2, 0.25) is 5.02 Å². The molecule has 1 spiro atoms. The number of hydrogen-bond acceptors (Lipinski definition) is 7.